The Morgan fingerprint density at radius 2 is 1.72 bits per heavy atom. The normalized spacial score (nSPS) is 11.7. The molecule has 1 aromatic carbocycles. The van der Waals surface area contributed by atoms with E-state index in [0.717, 1.165) is 24.2 Å². The van der Waals surface area contributed by atoms with Gasteiger partial charge in [-0.05, 0) is 41.9 Å². The first-order valence-corrected chi connectivity index (χ1v) is 6.80. The van der Waals surface area contributed by atoms with Crippen LogP contribution >= 0.6 is 0 Å². The van der Waals surface area contributed by atoms with Gasteiger partial charge in [-0.2, -0.15) is 0 Å². The van der Waals surface area contributed by atoms with Crippen LogP contribution in [-0.4, -0.2) is 0 Å². The van der Waals surface area contributed by atoms with Gasteiger partial charge in [-0.1, -0.05) is 53.3 Å². The van der Waals surface area contributed by atoms with Crippen molar-refractivity contribution in [2.24, 2.45) is 11.3 Å². The Kier molecular flexibility index (Phi) is 5.01. The molecule has 0 aliphatic rings. The van der Waals surface area contributed by atoms with Gasteiger partial charge in [0.15, 0.2) is 0 Å². The molecule has 100 valence electrons. The van der Waals surface area contributed by atoms with Crippen molar-refractivity contribution in [3.63, 3.8) is 0 Å². The molecule has 1 aromatic rings. The average Bonchev–Trinajstić information content (AvgIpc) is 2.17. The maximum Gasteiger partial charge on any atom is 0.0381 e. The van der Waals surface area contributed by atoms with E-state index in [1.165, 1.54) is 5.56 Å². The number of nitrogens with one attached hydrogen (secondary N) is 1. The highest BCUT2D eigenvalue weighted by Gasteiger charge is 2.11. The van der Waals surface area contributed by atoms with Gasteiger partial charge in [0.25, 0.3) is 0 Å². The van der Waals surface area contributed by atoms with E-state index in [9.17, 15) is 0 Å². The molecule has 0 heterocycles. The quantitative estimate of drug-likeness (QED) is 0.747. The van der Waals surface area contributed by atoms with Crippen LogP contribution in [0.15, 0.2) is 36.5 Å². The maximum atomic E-state index is 4.10. The topological polar surface area (TPSA) is 12.0 Å². The van der Waals surface area contributed by atoms with E-state index < -0.39 is 0 Å². The Morgan fingerprint density at radius 3 is 2.17 bits per heavy atom. The number of hydrogen-bond acceptors (Lipinski definition) is 1. The summed E-state index contributed by atoms with van der Waals surface area (Å²) in [7, 11) is 0. The largest absolute Gasteiger partial charge is 0.359 e. The van der Waals surface area contributed by atoms with Gasteiger partial charge in [-0.3, -0.25) is 0 Å². The number of rotatable bonds is 5. The molecular formula is C17H27N. The van der Waals surface area contributed by atoms with E-state index in [-0.39, 0.29) is 5.41 Å². The minimum atomic E-state index is 0.279. The van der Waals surface area contributed by atoms with E-state index in [0.29, 0.717) is 5.92 Å². The van der Waals surface area contributed by atoms with E-state index in [2.05, 4.69) is 70.8 Å². The van der Waals surface area contributed by atoms with Crippen molar-refractivity contribution in [1.82, 2.24) is 0 Å². The molecule has 1 nitrogen and oxygen atoms in total. The van der Waals surface area contributed by atoms with Crippen LogP contribution in [0.1, 0.15) is 46.6 Å². The molecule has 0 amide bonds. The molecule has 0 bridgehead atoms. The fraction of sp³-hybridized carbons (Fsp3) is 0.529. The zero-order valence-electron chi connectivity index (χ0n) is 12.5. The molecule has 1 rings (SSSR count). The van der Waals surface area contributed by atoms with Crippen LogP contribution < -0.4 is 5.32 Å². The van der Waals surface area contributed by atoms with Crippen molar-refractivity contribution in [2.75, 3.05) is 5.32 Å². The highest BCUT2D eigenvalue weighted by atomic mass is 14.9. The summed E-state index contributed by atoms with van der Waals surface area (Å²) in [6.45, 7) is 15.3. The second-order valence-corrected chi connectivity index (χ2v) is 6.76. The lowest BCUT2D eigenvalue weighted by molar-refractivity contribution is 0.411. The molecule has 1 N–H and O–H groups in total. The highest BCUT2D eigenvalue weighted by molar-refractivity contribution is 5.48. The summed E-state index contributed by atoms with van der Waals surface area (Å²) in [5, 5.41) is 3.38. The van der Waals surface area contributed by atoms with Crippen LogP contribution in [0, 0.1) is 11.3 Å². The third kappa shape index (κ3) is 5.90. The van der Waals surface area contributed by atoms with Crippen LogP contribution in [0.4, 0.5) is 5.69 Å². The average molecular weight is 245 g/mol. The Bertz CT molecular complexity index is 379. The second kappa shape index (κ2) is 6.08. The van der Waals surface area contributed by atoms with E-state index in [1.807, 2.05) is 0 Å². The Morgan fingerprint density at radius 1 is 1.17 bits per heavy atom. The molecule has 0 saturated heterocycles. The minimum Gasteiger partial charge on any atom is -0.359 e. The van der Waals surface area contributed by atoms with Crippen LogP contribution in [0.5, 0.6) is 0 Å². The Hall–Kier alpha value is -1.24. The summed E-state index contributed by atoms with van der Waals surface area (Å²) in [4.78, 5) is 0. The van der Waals surface area contributed by atoms with Gasteiger partial charge in [0.1, 0.15) is 0 Å². The fourth-order valence-corrected chi connectivity index (χ4v) is 2.08. The highest BCUT2D eigenvalue weighted by Crippen LogP contribution is 2.24. The third-order valence-corrected chi connectivity index (χ3v) is 2.66. The lowest BCUT2D eigenvalue weighted by Crippen LogP contribution is -2.10. The molecule has 0 unspecified atom stereocenters. The first-order valence-electron chi connectivity index (χ1n) is 6.80. The van der Waals surface area contributed by atoms with Gasteiger partial charge in [-0.15, -0.1) is 0 Å². The Balaban J connectivity index is 2.56. The number of hydrogen-bond donors (Lipinski definition) is 1. The van der Waals surface area contributed by atoms with Crippen molar-refractivity contribution in [2.45, 2.75) is 47.5 Å². The zero-order chi connectivity index (χ0) is 13.8. The Labute approximate surface area is 112 Å². The lowest BCUT2D eigenvalue weighted by Gasteiger charge is -2.20. The zero-order valence-corrected chi connectivity index (χ0v) is 12.5. The van der Waals surface area contributed by atoms with Crippen LogP contribution in [0.2, 0.25) is 0 Å². The molecule has 0 fully saturated rings. The summed E-state index contributed by atoms with van der Waals surface area (Å²) < 4.78 is 0. The number of anilines is 1. The lowest BCUT2D eigenvalue weighted by atomic mass is 9.91. The van der Waals surface area contributed by atoms with Crippen LogP contribution in [0.3, 0.4) is 0 Å². The summed E-state index contributed by atoms with van der Waals surface area (Å²) in [6.07, 6.45) is 2.13. The molecule has 0 aliphatic carbocycles. The van der Waals surface area contributed by atoms with Crippen molar-refractivity contribution >= 4 is 5.69 Å². The van der Waals surface area contributed by atoms with E-state index in [4.69, 9.17) is 0 Å². The monoisotopic (exact) mass is 245 g/mol. The summed E-state index contributed by atoms with van der Waals surface area (Å²) in [6, 6.07) is 8.69. The predicted octanol–water partition coefficient (Wildman–Crippen LogP) is 5.25. The molecule has 0 saturated carbocycles. The van der Waals surface area contributed by atoms with Gasteiger partial charge in [0.2, 0.25) is 0 Å². The van der Waals surface area contributed by atoms with Crippen LogP contribution in [0.25, 0.3) is 0 Å². The van der Waals surface area contributed by atoms with Gasteiger partial charge >= 0.3 is 0 Å². The molecule has 18 heavy (non-hydrogen) atoms. The molecular weight excluding hydrogens is 218 g/mol. The molecule has 0 spiro atoms. The molecule has 0 aromatic heterocycles. The number of allylic oxidation sites excluding steroid dienone is 1. The SMILES string of the molecule is C=C(CC(C)(C)C)Nc1ccc(CC(C)C)cc1. The van der Waals surface area contributed by atoms with Gasteiger partial charge in [0.05, 0.1) is 0 Å². The van der Waals surface area contributed by atoms with Crippen molar-refractivity contribution in [3.8, 4) is 0 Å². The second-order valence-electron chi connectivity index (χ2n) is 6.76. The van der Waals surface area contributed by atoms with Gasteiger partial charge < -0.3 is 5.32 Å². The first kappa shape index (κ1) is 14.8. The van der Waals surface area contributed by atoms with Crippen molar-refractivity contribution in [3.05, 3.63) is 42.1 Å². The van der Waals surface area contributed by atoms with Gasteiger partial charge in [0, 0.05) is 11.4 Å². The van der Waals surface area contributed by atoms with Crippen molar-refractivity contribution < 1.29 is 0 Å². The summed E-state index contributed by atoms with van der Waals surface area (Å²) in [5.74, 6) is 0.708. The van der Waals surface area contributed by atoms with Crippen LogP contribution in [-0.2, 0) is 6.42 Å². The first-order chi connectivity index (χ1) is 8.26. The summed E-state index contributed by atoms with van der Waals surface area (Å²) in [5.41, 5.74) is 3.90. The molecule has 0 radical (unpaired) electrons. The fourth-order valence-electron chi connectivity index (χ4n) is 2.08. The smallest absolute Gasteiger partial charge is 0.0381 e. The van der Waals surface area contributed by atoms with E-state index in [1.54, 1.807) is 0 Å². The van der Waals surface area contributed by atoms with Crippen molar-refractivity contribution in [1.29, 1.82) is 0 Å². The predicted molar refractivity (Wildman–Crippen MR) is 81.8 cm³/mol. The van der Waals surface area contributed by atoms with E-state index >= 15 is 0 Å². The molecule has 0 atom stereocenters. The minimum absolute atomic E-state index is 0.279. The standard InChI is InChI=1S/C17H27N/c1-13(2)11-15-7-9-16(10-8-15)18-14(3)12-17(4,5)6/h7-10,13,18H,3,11-12H2,1-2,4-6H3. The maximum absolute atomic E-state index is 4.10. The van der Waals surface area contributed by atoms with Gasteiger partial charge in [-0.25, -0.2) is 0 Å². The summed E-state index contributed by atoms with van der Waals surface area (Å²) >= 11 is 0. The number of benzene rings is 1. The molecule has 1 heteroatoms. The molecule has 0 aliphatic heterocycles. The third-order valence-electron chi connectivity index (χ3n) is 2.66.